The largest absolute Gasteiger partial charge is 0.117 e. The lowest BCUT2D eigenvalue weighted by molar-refractivity contribution is 1.53. The van der Waals surface area contributed by atoms with Crippen molar-refractivity contribution in [3.05, 3.63) is 8.47 Å². The van der Waals surface area contributed by atoms with Crippen LogP contribution in [-0.4, -0.2) is 23.0 Å². The zero-order valence-corrected chi connectivity index (χ0v) is 8.73. The van der Waals surface area contributed by atoms with Gasteiger partial charge in [0.05, 0.1) is 8.47 Å². The Kier molecular flexibility index (Phi) is 2.87. The molecule has 0 amide bonds. The molecule has 0 bridgehead atoms. The van der Waals surface area contributed by atoms with Crippen LogP contribution in [0.1, 0.15) is 0 Å². The fourth-order valence-electron chi connectivity index (χ4n) is 0.856. The monoisotopic (exact) mass is 208 g/mol. The van der Waals surface area contributed by atoms with Crippen molar-refractivity contribution in [1.82, 2.24) is 0 Å². The smallest absolute Gasteiger partial charge is 0.0603 e. The van der Waals surface area contributed by atoms with Crippen LogP contribution in [0.3, 0.4) is 0 Å². The number of hydrogen-bond acceptors (Lipinski definition) is 4. The highest BCUT2D eigenvalue weighted by atomic mass is 32.2. The van der Waals surface area contributed by atoms with Gasteiger partial charge in [0.2, 0.25) is 0 Å². The predicted octanol–water partition coefficient (Wildman–Crippen LogP) is 3.07. The molecule has 0 N–H and O–H groups in total. The molecule has 0 saturated heterocycles. The van der Waals surface area contributed by atoms with Crippen molar-refractivity contribution in [3.8, 4) is 0 Å². The van der Waals surface area contributed by atoms with E-state index in [1.165, 1.54) is 23.0 Å². The molecule has 0 aromatic rings. The first-order valence-electron chi connectivity index (χ1n) is 3.22. The van der Waals surface area contributed by atoms with Gasteiger partial charge in [-0.3, -0.25) is 0 Å². The summed E-state index contributed by atoms with van der Waals surface area (Å²) >= 11 is 8.19. The molecule has 4 heteroatoms. The molecule has 56 valence electrons. The second-order valence-corrected chi connectivity index (χ2v) is 6.91. The molecule has 0 atom stereocenters. The van der Waals surface area contributed by atoms with E-state index in [1.54, 1.807) is 8.47 Å². The lowest BCUT2D eigenvalue weighted by Crippen LogP contribution is -2.00. The molecular weight excluding hydrogens is 200 g/mol. The van der Waals surface area contributed by atoms with E-state index < -0.39 is 0 Å². The maximum atomic E-state index is 2.05. The van der Waals surface area contributed by atoms with Crippen molar-refractivity contribution in [3.63, 3.8) is 0 Å². The van der Waals surface area contributed by atoms with Crippen LogP contribution >= 0.6 is 47.0 Å². The minimum atomic E-state index is 1.32. The van der Waals surface area contributed by atoms with Gasteiger partial charge in [-0.15, -0.1) is 47.0 Å². The van der Waals surface area contributed by atoms with E-state index in [0.29, 0.717) is 0 Å². The summed E-state index contributed by atoms with van der Waals surface area (Å²) < 4.78 is 3.21. The third-order valence-corrected chi connectivity index (χ3v) is 7.21. The fourth-order valence-corrected chi connectivity index (χ4v) is 6.48. The molecule has 0 aromatic heterocycles. The van der Waals surface area contributed by atoms with Crippen LogP contribution in [0.15, 0.2) is 8.47 Å². The Hall–Kier alpha value is 1.14. The molecule has 0 unspecified atom stereocenters. The number of thioether (sulfide) groups is 4. The van der Waals surface area contributed by atoms with Gasteiger partial charge in [-0.25, -0.2) is 0 Å². The van der Waals surface area contributed by atoms with Crippen LogP contribution in [0.5, 0.6) is 0 Å². The topological polar surface area (TPSA) is 0 Å². The third-order valence-electron chi connectivity index (χ3n) is 1.27. The number of rotatable bonds is 0. The lowest BCUT2D eigenvalue weighted by Gasteiger charge is -2.21. The van der Waals surface area contributed by atoms with E-state index in [-0.39, 0.29) is 0 Å². The standard InChI is InChI=1S/C6H8S4/c1-2-8-6-5(7-1)9-3-4-10-6/h1-4H2. The van der Waals surface area contributed by atoms with Gasteiger partial charge in [0.25, 0.3) is 0 Å². The van der Waals surface area contributed by atoms with Crippen molar-refractivity contribution in [2.75, 3.05) is 23.0 Å². The Morgan fingerprint density at radius 3 is 1.20 bits per heavy atom. The summed E-state index contributed by atoms with van der Waals surface area (Å²) in [5.74, 6) is 5.27. The van der Waals surface area contributed by atoms with Crippen molar-refractivity contribution in [2.45, 2.75) is 0 Å². The van der Waals surface area contributed by atoms with E-state index in [2.05, 4.69) is 0 Å². The van der Waals surface area contributed by atoms with E-state index in [0.717, 1.165) is 0 Å². The molecule has 10 heavy (non-hydrogen) atoms. The second-order valence-electron chi connectivity index (χ2n) is 1.97. The molecular formula is C6H8S4. The van der Waals surface area contributed by atoms with Crippen LogP contribution in [-0.2, 0) is 0 Å². The van der Waals surface area contributed by atoms with Crippen LogP contribution in [0.4, 0.5) is 0 Å². The Bertz CT molecular complexity index is 129. The maximum Gasteiger partial charge on any atom is 0.0603 e. The van der Waals surface area contributed by atoms with E-state index in [9.17, 15) is 0 Å². The molecule has 0 saturated carbocycles. The van der Waals surface area contributed by atoms with Gasteiger partial charge in [-0.2, -0.15) is 0 Å². The molecule has 2 aliphatic heterocycles. The SMILES string of the molecule is C1CSC2=C(S1)SCCS2. The molecule has 2 heterocycles. The summed E-state index contributed by atoms with van der Waals surface area (Å²) in [6, 6.07) is 0. The Labute approximate surface area is 78.4 Å². The third kappa shape index (κ3) is 1.65. The van der Waals surface area contributed by atoms with Gasteiger partial charge in [-0.1, -0.05) is 0 Å². The summed E-state index contributed by atoms with van der Waals surface area (Å²) in [6.07, 6.45) is 0. The molecule has 2 rings (SSSR count). The van der Waals surface area contributed by atoms with Gasteiger partial charge in [0.15, 0.2) is 0 Å². The van der Waals surface area contributed by atoms with Crippen molar-refractivity contribution >= 4 is 47.0 Å². The first kappa shape index (κ1) is 7.77. The first-order valence-corrected chi connectivity index (χ1v) is 7.16. The fraction of sp³-hybridized carbons (Fsp3) is 0.667. The first-order chi connectivity index (χ1) is 4.97. The van der Waals surface area contributed by atoms with Gasteiger partial charge in [0.1, 0.15) is 0 Å². The molecule has 0 nitrogen and oxygen atoms in total. The summed E-state index contributed by atoms with van der Waals surface area (Å²) in [5.41, 5.74) is 0. The molecule has 2 aliphatic rings. The minimum absolute atomic E-state index is 1.32. The highest BCUT2D eigenvalue weighted by Crippen LogP contribution is 2.49. The van der Waals surface area contributed by atoms with Gasteiger partial charge in [-0.05, 0) is 0 Å². The Morgan fingerprint density at radius 2 is 0.900 bits per heavy atom. The Morgan fingerprint density at radius 1 is 0.600 bits per heavy atom. The van der Waals surface area contributed by atoms with Crippen molar-refractivity contribution < 1.29 is 0 Å². The molecule has 0 aliphatic carbocycles. The summed E-state index contributed by atoms with van der Waals surface area (Å²) in [5, 5.41) is 0. The second kappa shape index (κ2) is 3.70. The van der Waals surface area contributed by atoms with Crippen LogP contribution in [0.2, 0.25) is 0 Å². The zero-order valence-electron chi connectivity index (χ0n) is 5.46. The normalized spacial score (nSPS) is 26.4. The van der Waals surface area contributed by atoms with Gasteiger partial charge >= 0.3 is 0 Å². The van der Waals surface area contributed by atoms with E-state index >= 15 is 0 Å². The highest BCUT2D eigenvalue weighted by Gasteiger charge is 2.18. The van der Waals surface area contributed by atoms with Crippen LogP contribution in [0.25, 0.3) is 0 Å². The molecule has 0 radical (unpaired) electrons. The molecule has 0 fully saturated rings. The molecule has 0 aromatic carbocycles. The van der Waals surface area contributed by atoms with Gasteiger partial charge < -0.3 is 0 Å². The van der Waals surface area contributed by atoms with E-state index in [4.69, 9.17) is 0 Å². The minimum Gasteiger partial charge on any atom is -0.117 e. The molecule has 0 spiro atoms. The summed E-state index contributed by atoms with van der Waals surface area (Å²) in [7, 11) is 0. The maximum absolute atomic E-state index is 2.05. The quantitative estimate of drug-likeness (QED) is 0.600. The number of hydrogen-bond donors (Lipinski definition) is 0. The van der Waals surface area contributed by atoms with Gasteiger partial charge in [0, 0.05) is 23.0 Å². The average molecular weight is 208 g/mol. The average Bonchev–Trinajstić information content (AvgIpc) is 2.05. The Balaban J connectivity index is 2.14. The summed E-state index contributed by atoms with van der Waals surface area (Å²) in [4.78, 5) is 0. The van der Waals surface area contributed by atoms with E-state index in [1.807, 2.05) is 47.0 Å². The lowest BCUT2D eigenvalue weighted by atomic mass is 10.9. The van der Waals surface area contributed by atoms with Crippen molar-refractivity contribution in [2.24, 2.45) is 0 Å². The summed E-state index contributed by atoms with van der Waals surface area (Å²) in [6.45, 7) is 0. The van der Waals surface area contributed by atoms with Crippen LogP contribution < -0.4 is 0 Å². The van der Waals surface area contributed by atoms with Crippen LogP contribution in [0, 0.1) is 0 Å². The highest BCUT2D eigenvalue weighted by molar-refractivity contribution is 8.31. The predicted molar refractivity (Wildman–Crippen MR) is 56.9 cm³/mol. The van der Waals surface area contributed by atoms with Crippen molar-refractivity contribution in [1.29, 1.82) is 0 Å². The zero-order chi connectivity index (χ0) is 6.81.